The lowest BCUT2D eigenvalue weighted by Crippen LogP contribution is -2.52. The maximum absolute atomic E-state index is 12.9. The van der Waals surface area contributed by atoms with E-state index in [1.54, 1.807) is 11.8 Å². The van der Waals surface area contributed by atoms with Gasteiger partial charge >= 0.3 is 6.18 Å². The van der Waals surface area contributed by atoms with Crippen LogP contribution < -0.4 is 5.73 Å². The standard InChI is InChI=1S/C18H22F3N5O2.2ClH/c1-11(22)17(27)26-8-6-25(7-9-26)12(2)16-23-15(24-28-16)13-4-3-5-14(10-13)18(19,20)21;;/h3-5,10-12H,6-9,22H2,1-2H3;2*1H/t11-,12?;;/m1../s1. The van der Waals surface area contributed by atoms with Crippen LogP contribution in [0.4, 0.5) is 13.2 Å². The van der Waals surface area contributed by atoms with Gasteiger partial charge in [-0.1, -0.05) is 17.3 Å². The van der Waals surface area contributed by atoms with Crippen LogP contribution in [-0.2, 0) is 11.0 Å². The van der Waals surface area contributed by atoms with Gasteiger partial charge in [-0.3, -0.25) is 9.69 Å². The highest BCUT2D eigenvalue weighted by Gasteiger charge is 2.31. The monoisotopic (exact) mass is 469 g/mol. The van der Waals surface area contributed by atoms with Crippen molar-refractivity contribution in [1.82, 2.24) is 19.9 Å². The Morgan fingerprint density at radius 3 is 2.37 bits per heavy atom. The van der Waals surface area contributed by atoms with E-state index < -0.39 is 17.8 Å². The van der Waals surface area contributed by atoms with E-state index in [1.807, 2.05) is 6.92 Å². The van der Waals surface area contributed by atoms with E-state index in [-0.39, 0.29) is 48.2 Å². The first-order chi connectivity index (χ1) is 13.2. The molecule has 1 amide bonds. The lowest BCUT2D eigenvalue weighted by Gasteiger charge is -2.37. The second-order valence-electron chi connectivity index (χ2n) is 6.86. The molecule has 2 atom stereocenters. The van der Waals surface area contributed by atoms with Gasteiger partial charge in [-0.15, -0.1) is 24.8 Å². The number of hydrogen-bond donors (Lipinski definition) is 1. The minimum absolute atomic E-state index is 0. The number of carbonyl (C=O) groups is 1. The number of rotatable bonds is 4. The molecule has 7 nitrogen and oxygen atoms in total. The fourth-order valence-corrected chi connectivity index (χ4v) is 3.13. The predicted molar refractivity (Wildman–Crippen MR) is 109 cm³/mol. The van der Waals surface area contributed by atoms with Crippen LogP contribution in [0.3, 0.4) is 0 Å². The third kappa shape index (κ3) is 5.84. The van der Waals surface area contributed by atoms with Gasteiger partial charge < -0.3 is 15.2 Å². The highest BCUT2D eigenvalue weighted by Crippen LogP contribution is 2.32. The summed E-state index contributed by atoms with van der Waals surface area (Å²) in [5, 5.41) is 3.83. The maximum atomic E-state index is 12.9. The molecule has 3 rings (SSSR count). The van der Waals surface area contributed by atoms with Crippen LogP contribution in [-0.4, -0.2) is 58.1 Å². The number of carbonyl (C=O) groups excluding carboxylic acids is 1. The van der Waals surface area contributed by atoms with Crippen molar-refractivity contribution in [2.24, 2.45) is 5.73 Å². The van der Waals surface area contributed by atoms with E-state index in [9.17, 15) is 18.0 Å². The van der Waals surface area contributed by atoms with Crippen molar-refractivity contribution < 1.29 is 22.5 Å². The summed E-state index contributed by atoms with van der Waals surface area (Å²) in [7, 11) is 0. The SMILES string of the molecule is CC(c1nc(-c2cccc(C(F)(F)F)c2)no1)N1CCN(C(=O)[C@@H](C)N)CC1.Cl.Cl. The summed E-state index contributed by atoms with van der Waals surface area (Å²) in [5.41, 5.74) is 5.11. The summed E-state index contributed by atoms with van der Waals surface area (Å²) in [6.07, 6.45) is -4.44. The molecule has 2 aromatic rings. The molecule has 168 valence electrons. The Bertz CT molecular complexity index is 839. The van der Waals surface area contributed by atoms with E-state index in [2.05, 4.69) is 15.0 Å². The van der Waals surface area contributed by atoms with Crippen molar-refractivity contribution in [3.05, 3.63) is 35.7 Å². The molecular weight excluding hydrogens is 446 g/mol. The average molecular weight is 470 g/mol. The molecule has 0 aliphatic carbocycles. The van der Waals surface area contributed by atoms with Crippen LogP contribution >= 0.6 is 24.8 Å². The molecule has 0 spiro atoms. The largest absolute Gasteiger partial charge is 0.416 e. The van der Waals surface area contributed by atoms with Crippen molar-refractivity contribution in [3.63, 3.8) is 0 Å². The first kappa shape index (κ1) is 26.2. The number of benzene rings is 1. The highest BCUT2D eigenvalue weighted by atomic mass is 35.5. The Balaban J connectivity index is 0.00000225. The Hall–Kier alpha value is -1.88. The molecule has 1 unspecified atom stereocenters. The minimum atomic E-state index is -4.44. The van der Waals surface area contributed by atoms with Crippen molar-refractivity contribution in [1.29, 1.82) is 0 Å². The number of alkyl halides is 3. The van der Waals surface area contributed by atoms with Gasteiger partial charge in [0.15, 0.2) is 0 Å². The second kappa shape index (κ2) is 10.4. The summed E-state index contributed by atoms with van der Waals surface area (Å²) in [5.74, 6) is 0.343. The Labute approximate surface area is 184 Å². The minimum Gasteiger partial charge on any atom is -0.339 e. The summed E-state index contributed by atoms with van der Waals surface area (Å²) in [4.78, 5) is 20.0. The molecule has 30 heavy (non-hydrogen) atoms. The number of hydrogen-bond acceptors (Lipinski definition) is 6. The molecule has 12 heteroatoms. The highest BCUT2D eigenvalue weighted by molar-refractivity contribution is 5.85. The number of nitrogens with two attached hydrogens (primary N) is 1. The molecular formula is C18H24Cl2F3N5O2. The molecule has 0 saturated carbocycles. The van der Waals surface area contributed by atoms with Gasteiger partial charge in [0, 0.05) is 31.7 Å². The summed E-state index contributed by atoms with van der Waals surface area (Å²) < 4.78 is 44.0. The zero-order valence-corrected chi connectivity index (χ0v) is 18.1. The van der Waals surface area contributed by atoms with Crippen molar-refractivity contribution in [3.8, 4) is 11.4 Å². The molecule has 1 aromatic carbocycles. The molecule has 1 fully saturated rings. The topological polar surface area (TPSA) is 88.5 Å². The summed E-state index contributed by atoms with van der Waals surface area (Å²) >= 11 is 0. The zero-order chi connectivity index (χ0) is 20.5. The average Bonchev–Trinajstić information content (AvgIpc) is 3.16. The van der Waals surface area contributed by atoms with Gasteiger partial charge in [0.2, 0.25) is 17.6 Å². The van der Waals surface area contributed by atoms with Gasteiger partial charge in [-0.05, 0) is 26.0 Å². The zero-order valence-electron chi connectivity index (χ0n) is 16.4. The van der Waals surface area contributed by atoms with Gasteiger partial charge in [0.1, 0.15) is 0 Å². The molecule has 1 saturated heterocycles. The van der Waals surface area contributed by atoms with E-state index in [0.29, 0.717) is 32.1 Å². The van der Waals surface area contributed by atoms with Crippen molar-refractivity contribution in [2.75, 3.05) is 26.2 Å². The fraction of sp³-hybridized carbons (Fsp3) is 0.500. The molecule has 1 aromatic heterocycles. The van der Waals surface area contributed by atoms with Gasteiger partial charge in [0.25, 0.3) is 0 Å². The molecule has 1 aliphatic rings. The van der Waals surface area contributed by atoms with Crippen LogP contribution in [0.25, 0.3) is 11.4 Å². The third-order valence-electron chi connectivity index (χ3n) is 4.81. The van der Waals surface area contributed by atoms with E-state index in [1.165, 1.54) is 12.1 Å². The van der Waals surface area contributed by atoms with E-state index >= 15 is 0 Å². The molecule has 1 aliphatic heterocycles. The third-order valence-corrected chi connectivity index (χ3v) is 4.81. The van der Waals surface area contributed by atoms with Gasteiger partial charge in [-0.25, -0.2) is 0 Å². The van der Waals surface area contributed by atoms with Crippen LogP contribution in [0.2, 0.25) is 0 Å². The number of halogens is 5. The number of nitrogens with zero attached hydrogens (tertiary/aromatic N) is 4. The number of aromatic nitrogens is 2. The molecule has 2 heterocycles. The molecule has 0 radical (unpaired) electrons. The Morgan fingerprint density at radius 1 is 1.17 bits per heavy atom. The fourth-order valence-electron chi connectivity index (χ4n) is 3.13. The van der Waals surface area contributed by atoms with Crippen molar-refractivity contribution >= 4 is 30.7 Å². The maximum Gasteiger partial charge on any atom is 0.416 e. The van der Waals surface area contributed by atoms with Crippen LogP contribution in [0.5, 0.6) is 0 Å². The second-order valence-corrected chi connectivity index (χ2v) is 6.86. The lowest BCUT2D eigenvalue weighted by atomic mass is 10.1. The Morgan fingerprint density at radius 2 is 1.80 bits per heavy atom. The van der Waals surface area contributed by atoms with E-state index in [0.717, 1.165) is 12.1 Å². The first-order valence-corrected chi connectivity index (χ1v) is 8.96. The van der Waals surface area contributed by atoms with Crippen LogP contribution in [0, 0.1) is 0 Å². The summed E-state index contributed by atoms with van der Waals surface area (Å²) in [6.45, 7) is 5.85. The Kier molecular flexibility index (Phi) is 9.09. The molecule has 2 N–H and O–H groups in total. The quantitative estimate of drug-likeness (QED) is 0.739. The van der Waals surface area contributed by atoms with Crippen molar-refractivity contribution in [2.45, 2.75) is 32.1 Å². The number of amides is 1. The first-order valence-electron chi connectivity index (χ1n) is 8.96. The smallest absolute Gasteiger partial charge is 0.339 e. The van der Waals surface area contributed by atoms with Gasteiger partial charge in [-0.2, -0.15) is 18.2 Å². The predicted octanol–water partition coefficient (Wildman–Crippen LogP) is 3.15. The number of piperazine rings is 1. The van der Waals surface area contributed by atoms with Crippen LogP contribution in [0.1, 0.15) is 31.3 Å². The summed E-state index contributed by atoms with van der Waals surface area (Å²) in [6, 6.07) is 4.06. The normalized spacial score (nSPS) is 16.9. The van der Waals surface area contributed by atoms with Crippen LogP contribution in [0.15, 0.2) is 28.8 Å². The van der Waals surface area contributed by atoms with E-state index in [4.69, 9.17) is 10.3 Å². The molecule has 0 bridgehead atoms. The van der Waals surface area contributed by atoms with Gasteiger partial charge in [0.05, 0.1) is 17.6 Å². The lowest BCUT2D eigenvalue weighted by molar-refractivity contribution is -0.137.